The van der Waals surface area contributed by atoms with Crippen molar-refractivity contribution in [3.05, 3.63) is 25.3 Å². The molecule has 0 atom stereocenters. The summed E-state index contributed by atoms with van der Waals surface area (Å²) >= 11 is 0. The summed E-state index contributed by atoms with van der Waals surface area (Å²) < 4.78 is 10.5. The third-order valence-corrected chi connectivity index (χ3v) is 1.28. The molecule has 0 radical (unpaired) electrons. The predicted molar refractivity (Wildman–Crippen MR) is 51.2 cm³/mol. The quantitative estimate of drug-likeness (QED) is 0.410. The Morgan fingerprint density at radius 1 is 1.08 bits per heavy atom. The number of ether oxygens (including phenoxy) is 2. The van der Waals surface area contributed by atoms with Gasteiger partial charge in [0.15, 0.2) is 0 Å². The molecule has 0 spiro atoms. The molecular weight excluding hydrogens is 152 g/mol. The second-order valence-electron chi connectivity index (χ2n) is 2.76. The number of hydrogen-bond donors (Lipinski definition) is 0. The first-order valence-electron chi connectivity index (χ1n) is 4.18. The molecule has 0 fully saturated rings. The van der Waals surface area contributed by atoms with E-state index >= 15 is 0 Å². The smallest absolute Gasteiger partial charge is 0.0644 e. The van der Waals surface area contributed by atoms with Gasteiger partial charge in [0.25, 0.3) is 0 Å². The zero-order valence-electron chi connectivity index (χ0n) is 7.79. The highest BCUT2D eigenvalue weighted by molar-refractivity contribution is 4.65. The predicted octanol–water partition coefficient (Wildman–Crippen LogP) is 2.03. The Morgan fingerprint density at radius 3 is 1.83 bits per heavy atom. The van der Waals surface area contributed by atoms with Gasteiger partial charge in [-0.3, -0.25) is 0 Å². The van der Waals surface area contributed by atoms with Crippen LogP contribution in [-0.4, -0.2) is 26.4 Å². The van der Waals surface area contributed by atoms with E-state index in [-0.39, 0.29) is 0 Å². The zero-order valence-corrected chi connectivity index (χ0v) is 7.79. The van der Waals surface area contributed by atoms with Gasteiger partial charge in [0.1, 0.15) is 0 Å². The molecule has 0 aliphatic heterocycles. The van der Waals surface area contributed by atoms with Crippen LogP contribution in [0.4, 0.5) is 0 Å². The summed E-state index contributed by atoms with van der Waals surface area (Å²) in [6, 6.07) is 0. The highest BCUT2D eigenvalue weighted by Crippen LogP contribution is 1.96. The molecule has 2 heteroatoms. The molecule has 0 bridgehead atoms. The molecule has 12 heavy (non-hydrogen) atoms. The van der Waals surface area contributed by atoms with E-state index in [0.717, 1.165) is 13.2 Å². The van der Waals surface area contributed by atoms with E-state index in [0.29, 0.717) is 19.1 Å². The van der Waals surface area contributed by atoms with Gasteiger partial charge in [-0.25, -0.2) is 0 Å². The van der Waals surface area contributed by atoms with E-state index in [4.69, 9.17) is 9.47 Å². The van der Waals surface area contributed by atoms with Crippen molar-refractivity contribution < 1.29 is 9.47 Å². The van der Waals surface area contributed by atoms with Crippen LogP contribution in [-0.2, 0) is 9.47 Å². The molecule has 70 valence electrons. The van der Waals surface area contributed by atoms with Crippen LogP contribution in [0.25, 0.3) is 0 Å². The zero-order chi connectivity index (χ0) is 9.23. The van der Waals surface area contributed by atoms with Gasteiger partial charge < -0.3 is 9.47 Å². The lowest BCUT2D eigenvalue weighted by atomic mass is 10.2. The topological polar surface area (TPSA) is 18.5 Å². The van der Waals surface area contributed by atoms with Crippen LogP contribution in [0.5, 0.6) is 0 Å². The standard InChI is InChI=1S/C10H18O2/c1-4-6-11-8-10(3)9-12-7-5-2/h4-5,10H,1-2,6-9H2,3H3. The minimum atomic E-state index is 0.435. The Kier molecular flexibility index (Phi) is 8.07. The molecule has 0 aromatic carbocycles. The first-order valence-corrected chi connectivity index (χ1v) is 4.18. The van der Waals surface area contributed by atoms with Crippen LogP contribution in [0.15, 0.2) is 25.3 Å². The number of rotatable bonds is 8. The third-order valence-electron chi connectivity index (χ3n) is 1.28. The summed E-state index contributed by atoms with van der Waals surface area (Å²) in [7, 11) is 0. The lowest BCUT2D eigenvalue weighted by Crippen LogP contribution is -2.12. The number of hydrogen-bond acceptors (Lipinski definition) is 2. The summed E-state index contributed by atoms with van der Waals surface area (Å²) in [6.07, 6.45) is 3.49. The van der Waals surface area contributed by atoms with E-state index in [1.54, 1.807) is 12.2 Å². The fraction of sp³-hybridized carbons (Fsp3) is 0.600. The molecule has 0 unspecified atom stereocenters. The maximum Gasteiger partial charge on any atom is 0.0644 e. The first kappa shape index (κ1) is 11.4. The molecule has 0 N–H and O–H groups in total. The molecule has 0 aliphatic rings. The van der Waals surface area contributed by atoms with Crippen molar-refractivity contribution in [3.63, 3.8) is 0 Å². The summed E-state index contributed by atoms with van der Waals surface area (Å²) in [4.78, 5) is 0. The van der Waals surface area contributed by atoms with Crippen molar-refractivity contribution >= 4 is 0 Å². The Morgan fingerprint density at radius 2 is 1.50 bits per heavy atom. The van der Waals surface area contributed by atoms with Gasteiger partial charge in [0.2, 0.25) is 0 Å². The average Bonchev–Trinajstić information content (AvgIpc) is 2.06. The third kappa shape index (κ3) is 7.51. The highest BCUT2D eigenvalue weighted by Gasteiger charge is 2.00. The van der Waals surface area contributed by atoms with Crippen LogP contribution in [0.1, 0.15) is 6.92 Å². The van der Waals surface area contributed by atoms with Crippen molar-refractivity contribution in [1.82, 2.24) is 0 Å². The van der Waals surface area contributed by atoms with Crippen LogP contribution < -0.4 is 0 Å². The average molecular weight is 170 g/mol. The van der Waals surface area contributed by atoms with Crippen molar-refractivity contribution in [2.75, 3.05) is 26.4 Å². The molecule has 0 aliphatic carbocycles. The Hall–Kier alpha value is -0.600. The van der Waals surface area contributed by atoms with Gasteiger partial charge in [-0.1, -0.05) is 19.1 Å². The Bertz CT molecular complexity index is 107. The van der Waals surface area contributed by atoms with Crippen molar-refractivity contribution in [3.8, 4) is 0 Å². The van der Waals surface area contributed by atoms with Gasteiger partial charge in [-0.05, 0) is 0 Å². The van der Waals surface area contributed by atoms with Gasteiger partial charge in [-0.15, -0.1) is 13.2 Å². The molecule has 0 saturated heterocycles. The molecule has 0 aromatic rings. The lowest BCUT2D eigenvalue weighted by molar-refractivity contribution is 0.0662. The van der Waals surface area contributed by atoms with Crippen LogP contribution in [0.2, 0.25) is 0 Å². The first-order chi connectivity index (χ1) is 5.81. The molecule has 0 aromatic heterocycles. The second-order valence-corrected chi connectivity index (χ2v) is 2.76. The van der Waals surface area contributed by atoms with Gasteiger partial charge >= 0.3 is 0 Å². The molecule has 0 heterocycles. The van der Waals surface area contributed by atoms with E-state index in [1.807, 2.05) is 0 Å². The minimum absolute atomic E-state index is 0.435. The molecule has 0 saturated carbocycles. The normalized spacial score (nSPS) is 10.2. The summed E-state index contributed by atoms with van der Waals surface area (Å²) in [5, 5.41) is 0. The molecule has 2 nitrogen and oxygen atoms in total. The Labute approximate surface area is 74.9 Å². The minimum Gasteiger partial charge on any atom is -0.377 e. The van der Waals surface area contributed by atoms with Crippen molar-refractivity contribution in [2.24, 2.45) is 5.92 Å². The molecule has 0 rings (SSSR count). The van der Waals surface area contributed by atoms with E-state index in [2.05, 4.69) is 20.1 Å². The fourth-order valence-corrected chi connectivity index (χ4v) is 0.753. The monoisotopic (exact) mass is 170 g/mol. The van der Waals surface area contributed by atoms with E-state index < -0.39 is 0 Å². The Balaban J connectivity index is 3.14. The summed E-state index contributed by atoms with van der Waals surface area (Å²) in [6.45, 7) is 11.9. The van der Waals surface area contributed by atoms with E-state index in [9.17, 15) is 0 Å². The fourth-order valence-electron chi connectivity index (χ4n) is 0.753. The van der Waals surface area contributed by atoms with Gasteiger partial charge in [-0.2, -0.15) is 0 Å². The van der Waals surface area contributed by atoms with Crippen LogP contribution in [0.3, 0.4) is 0 Å². The largest absolute Gasteiger partial charge is 0.377 e. The van der Waals surface area contributed by atoms with Crippen molar-refractivity contribution in [1.29, 1.82) is 0 Å². The second kappa shape index (κ2) is 8.50. The SMILES string of the molecule is C=CCOCC(C)COCC=C. The van der Waals surface area contributed by atoms with Gasteiger partial charge in [0, 0.05) is 5.92 Å². The van der Waals surface area contributed by atoms with Crippen molar-refractivity contribution in [2.45, 2.75) is 6.92 Å². The maximum absolute atomic E-state index is 5.25. The summed E-state index contributed by atoms with van der Waals surface area (Å²) in [5.74, 6) is 0.435. The van der Waals surface area contributed by atoms with Gasteiger partial charge in [0.05, 0.1) is 26.4 Å². The van der Waals surface area contributed by atoms with E-state index in [1.165, 1.54) is 0 Å². The van der Waals surface area contributed by atoms with Crippen LogP contribution >= 0.6 is 0 Å². The van der Waals surface area contributed by atoms with Crippen LogP contribution in [0, 0.1) is 5.92 Å². The molecular formula is C10H18O2. The highest BCUT2D eigenvalue weighted by atomic mass is 16.5. The summed E-state index contributed by atoms with van der Waals surface area (Å²) in [5.41, 5.74) is 0. The maximum atomic E-state index is 5.25. The molecule has 0 amide bonds. The lowest BCUT2D eigenvalue weighted by Gasteiger charge is -2.10.